The zero-order valence-corrected chi connectivity index (χ0v) is 13.4. The van der Waals surface area contributed by atoms with Crippen molar-refractivity contribution >= 4 is 23.4 Å². The Morgan fingerprint density at radius 2 is 1.77 bits per heavy atom. The molecule has 0 radical (unpaired) electrons. The molecule has 1 aliphatic carbocycles. The van der Waals surface area contributed by atoms with E-state index in [-0.39, 0.29) is 17.7 Å². The molecule has 0 bridgehead atoms. The van der Waals surface area contributed by atoms with Crippen LogP contribution in [0.5, 0.6) is 0 Å². The number of nitrogens with zero attached hydrogens (tertiary/aromatic N) is 2. The predicted octanol–water partition coefficient (Wildman–Crippen LogP) is 2.35. The van der Waals surface area contributed by atoms with Crippen molar-refractivity contribution < 1.29 is 9.59 Å². The van der Waals surface area contributed by atoms with E-state index < -0.39 is 0 Å². The summed E-state index contributed by atoms with van der Waals surface area (Å²) >= 11 is 5.95. The van der Waals surface area contributed by atoms with Gasteiger partial charge in [-0.2, -0.15) is 0 Å². The summed E-state index contributed by atoms with van der Waals surface area (Å²) in [4.78, 5) is 28.3. The molecule has 5 heteroatoms. The number of amides is 2. The second-order valence-corrected chi connectivity index (χ2v) is 6.58. The van der Waals surface area contributed by atoms with Gasteiger partial charge in [-0.1, -0.05) is 30.2 Å². The zero-order valence-electron chi connectivity index (χ0n) is 12.6. The number of carbonyl (C=O) groups excluding carboxylic acids is 2. The normalized spacial score (nSPS) is 19.0. The summed E-state index contributed by atoms with van der Waals surface area (Å²) in [6, 6.07) is 7.41. The smallest absolute Gasteiger partial charge is 0.227 e. The van der Waals surface area contributed by atoms with Crippen molar-refractivity contribution in [2.45, 2.75) is 25.7 Å². The molecule has 0 unspecified atom stereocenters. The summed E-state index contributed by atoms with van der Waals surface area (Å²) < 4.78 is 0. The van der Waals surface area contributed by atoms with Crippen LogP contribution >= 0.6 is 11.6 Å². The zero-order chi connectivity index (χ0) is 15.5. The molecule has 0 N–H and O–H groups in total. The third-order valence-electron chi connectivity index (χ3n) is 4.64. The van der Waals surface area contributed by atoms with Crippen molar-refractivity contribution in [3.05, 3.63) is 34.9 Å². The highest BCUT2D eigenvalue weighted by Gasteiger charge is 2.31. The van der Waals surface area contributed by atoms with E-state index in [1.54, 1.807) is 6.07 Å². The number of rotatable bonds is 3. The van der Waals surface area contributed by atoms with E-state index in [0.717, 1.165) is 18.4 Å². The van der Waals surface area contributed by atoms with Crippen LogP contribution < -0.4 is 0 Å². The molecular weight excluding hydrogens is 300 g/mol. The van der Waals surface area contributed by atoms with Gasteiger partial charge in [0.15, 0.2) is 0 Å². The van der Waals surface area contributed by atoms with Gasteiger partial charge in [-0.05, 0) is 30.5 Å². The number of hydrogen-bond donors (Lipinski definition) is 0. The number of halogens is 1. The molecule has 22 heavy (non-hydrogen) atoms. The quantitative estimate of drug-likeness (QED) is 0.858. The fourth-order valence-electron chi connectivity index (χ4n) is 3.02. The van der Waals surface area contributed by atoms with Crippen molar-refractivity contribution in [1.29, 1.82) is 0 Å². The van der Waals surface area contributed by atoms with Gasteiger partial charge in [-0.25, -0.2) is 0 Å². The number of carbonyl (C=O) groups is 2. The summed E-state index contributed by atoms with van der Waals surface area (Å²) in [5.74, 6) is 0.639. The molecule has 0 aromatic heterocycles. The van der Waals surface area contributed by atoms with Gasteiger partial charge in [-0.15, -0.1) is 0 Å². The molecule has 3 rings (SSSR count). The molecule has 0 spiro atoms. The molecule has 4 nitrogen and oxygen atoms in total. The SMILES string of the molecule is O=C(Cc1cccc(Cl)c1)N1CCN(C(=O)C2CCC2)CC1. The molecule has 1 heterocycles. The van der Waals surface area contributed by atoms with Crippen LogP contribution in [0.1, 0.15) is 24.8 Å². The third-order valence-corrected chi connectivity index (χ3v) is 4.88. The van der Waals surface area contributed by atoms with Crippen LogP contribution in [-0.4, -0.2) is 47.8 Å². The highest BCUT2D eigenvalue weighted by atomic mass is 35.5. The van der Waals surface area contributed by atoms with Crippen LogP contribution in [0.15, 0.2) is 24.3 Å². The third kappa shape index (κ3) is 3.43. The number of benzene rings is 1. The van der Waals surface area contributed by atoms with Gasteiger partial charge in [0.1, 0.15) is 0 Å². The lowest BCUT2D eigenvalue weighted by atomic mass is 9.84. The highest BCUT2D eigenvalue weighted by molar-refractivity contribution is 6.30. The second kappa shape index (κ2) is 6.69. The monoisotopic (exact) mass is 320 g/mol. The van der Waals surface area contributed by atoms with Gasteiger partial charge in [0, 0.05) is 37.1 Å². The van der Waals surface area contributed by atoms with E-state index in [1.807, 2.05) is 28.0 Å². The molecular formula is C17H21ClN2O2. The van der Waals surface area contributed by atoms with Gasteiger partial charge in [0.25, 0.3) is 0 Å². The maximum absolute atomic E-state index is 12.3. The van der Waals surface area contributed by atoms with Crippen LogP contribution in [0.25, 0.3) is 0 Å². The van der Waals surface area contributed by atoms with E-state index in [0.29, 0.717) is 37.6 Å². The minimum atomic E-state index is 0.109. The van der Waals surface area contributed by atoms with E-state index >= 15 is 0 Å². The molecule has 1 saturated heterocycles. The van der Waals surface area contributed by atoms with Gasteiger partial charge in [0.2, 0.25) is 11.8 Å². The average Bonchev–Trinajstić information content (AvgIpc) is 2.45. The van der Waals surface area contributed by atoms with E-state index in [1.165, 1.54) is 6.42 Å². The summed E-state index contributed by atoms with van der Waals surface area (Å²) in [5, 5.41) is 0.654. The average molecular weight is 321 g/mol. The first-order valence-corrected chi connectivity index (χ1v) is 8.32. The minimum absolute atomic E-state index is 0.109. The Morgan fingerprint density at radius 1 is 1.09 bits per heavy atom. The predicted molar refractivity (Wildman–Crippen MR) is 85.7 cm³/mol. The molecule has 1 aromatic carbocycles. The Bertz CT molecular complexity index is 564. The minimum Gasteiger partial charge on any atom is -0.339 e. The number of piperazine rings is 1. The van der Waals surface area contributed by atoms with Gasteiger partial charge in [-0.3, -0.25) is 9.59 Å². The van der Waals surface area contributed by atoms with Crippen LogP contribution in [0.2, 0.25) is 5.02 Å². The highest BCUT2D eigenvalue weighted by Crippen LogP contribution is 2.28. The second-order valence-electron chi connectivity index (χ2n) is 6.14. The fraction of sp³-hybridized carbons (Fsp3) is 0.529. The molecule has 2 aliphatic rings. The van der Waals surface area contributed by atoms with E-state index in [4.69, 9.17) is 11.6 Å². The molecule has 2 fully saturated rings. The van der Waals surface area contributed by atoms with Crippen molar-refractivity contribution in [2.24, 2.45) is 5.92 Å². The first kappa shape index (κ1) is 15.3. The molecule has 0 atom stereocenters. The van der Waals surface area contributed by atoms with Crippen molar-refractivity contribution in [3.63, 3.8) is 0 Å². The van der Waals surface area contributed by atoms with Gasteiger partial charge in [0.05, 0.1) is 6.42 Å². The van der Waals surface area contributed by atoms with Crippen LogP contribution in [0.4, 0.5) is 0 Å². The van der Waals surface area contributed by atoms with Crippen LogP contribution in [0.3, 0.4) is 0 Å². The first-order valence-electron chi connectivity index (χ1n) is 7.94. The van der Waals surface area contributed by atoms with E-state index in [2.05, 4.69) is 0 Å². The lowest BCUT2D eigenvalue weighted by molar-refractivity contribution is -0.143. The summed E-state index contributed by atoms with van der Waals surface area (Å²) in [6.07, 6.45) is 3.62. The maximum atomic E-state index is 12.3. The molecule has 2 amide bonds. The Labute approximate surface area is 136 Å². The maximum Gasteiger partial charge on any atom is 0.227 e. The topological polar surface area (TPSA) is 40.6 Å². The van der Waals surface area contributed by atoms with Crippen LogP contribution in [-0.2, 0) is 16.0 Å². The van der Waals surface area contributed by atoms with Crippen molar-refractivity contribution in [2.75, 3.05) is 26.2 Å². The number of hydrogen-bond acceptors (Lipinski definition) is 2. The largest absolute Gasteiger partial charge is 0.339 e. The Hall–Kier alpha value is -1.55. The summed E-state index contributed by atoms with van der Waals surface area (Å²) in [5.41, 5.74) is 0.936. The standard InChI is InChI=1S/C17H21ClN2O2/c18-15-6-1-3-13(11-15)12-16(21)19-7-9-20(10-8-19)17(22)14-4-2-5-14/h1,3,6,11,14H,2,4-5,7-10,12H2. The Balaban J connectivity index is 1.50. The summed E-state index contributed by atoms with van der Waals surface area (Å²) in [6.45, 7) is 2.60. The van der Waals surface area contributed by atoms with E-state index in [9.17, 15) is 9.59 Å². The molecule has 1 aliphatic heterocycles. The van der Waals surface area contributed by atoms with Crippen molar-refractivity contribution in [1.82, 2.24) is 9.80 Å². The Morgan fingerprint density at radius 3 is 2.36 bits per heavy atom. The van der Waals surface area contributed by atoms with Gasteiger partial charge >= 0.3 is 0 Å². The lowest BCUT2D eigenvalue weighted by Crippen LogP contribution is -2.52. The Kier molecular flexibility index (Phi) is 4.67. The summed E-state index contributed by atoms with van der Waals surface area (Å²) in [7, 11) is 0. The van der Waals surface area contributed by atoms with Crippen LogP contribution in [0, 0.1) is 5.92 Å². The lowest BCUT2D eigenvalue weighted by Gasteiger charge is -2.38. The molecule has 1 saturated carbocycles. The molecule has 1 aromatic rings. The van der Waals surface area contributed by atoms with Crippen molar-refractivity contribution in [3.8, 4) is 0 Å². The first-order chi connectivity index (χ1) is 10.6. The van der Waals surface area contributed by atoms with Gasteiger partial charge < -0.3 is 9.80 Å². The molecule has 118 valence electrons. The fourth-order valence-corrected chi connectivity index (χ4v) is 3.24.